The number of thiazole rings is 1. The van der Waals surface area contributed by atoms with Gasteiger partial charge in [-0.3, -0.25) is 23.7 Å². The van der Waals surface area contributed by atoms with E-state index in [1.54, 1.807) is 25.1 Å². The van der Waals surface area contributed by atoms with Gasteiger partial charge in [-0.1, -0.05) is 35.2 Å². The fraction of sp³-hybridized carbons (Fsp3) is 0.265. The summed E-state index contributed by atoms with van der Waals surface area (Å²) in [6.45, 7) is 1.28. The number of imide groups is 1. The van der Waals surface area contributed by atoms with Crippen molar-refractivity contribution in [3.8, 4) is 11.5 Å². The molecule has 3 atom stereocenters. The lowest BCUT2D eigenvalue weighted by Gasteiger charge is -2.31. The second kappa shape index (κ2) is 13.7. The number of thioether (sulfide) groups is 1. The lowest BCUT2D eigenvalue weighted by Crippen LogP contribution is -2.33. The third-order valence-electron chi connectivity index (χ3n) is 8.23. The number of nitrogens with one attached hydrogen (secondary N) is 1. The van der Waals surface area contributed by atoms with Crippen molar-refractivity contribution in [1.29, 1.82) is 0 Å². The van der Waals surface area contributed by atoms with Gasteiger partial charge < -0.3 is 19.5 Å². The van der Waals surface area contributed by atoms with Crippen molar-refractivity contribution < 1.29 is 46.6 Å². The first kappa shape index (κ1) is 34.8. The third-order valence-corrected chi connectivity index (χ3v) is 10.8. The summed E-state index contributed by atoms with van der Waals surface area (Å²) in [5, 5.41) is 1.67. The molecule has 50 heavy (non-hydrogen) atoms. The number of methoxy groups -OCH3 is 2. The number of nitrogens with zero attached hydrogens (tertiary/aromatic N) is 2. The van der Waals surface area contributed by atoms with E-state index in [1.807, 2.05) is 0 Å². The summed E-state index contributed by atoms with van der Waals surface area (Å²) in [5.41, 5.74) is -0.0559. The molecule has 0 bridgehead atoms. The van der Waals surface area contributed by atoms with Gasteiger partial charge in [0.1, 0.15) is 11.8 Å². The Morgan fingerprint density at radius 3 is 2.30 bits per heavy atom. The Bertz CT molecular complexity index is 2060. The van der Waals surface area contributed by atoms with Crippen molar-refractivity contribution in [2.75, 3.05) is 31.0 Å². The van der Waals surface area contributed by atoms with E-state index >= 15 is 0 Å². The predicted octanol–water partition coefficient (Wildman–Crippen LogP) is 5.56. The van der Waals surface area contributed by atoms with Crippen LogP contribution in [-0.4, -0.2) is 54.3 Å². The van der Waals surface area contributed by atoms with Crippen molar-refractivity contribution in [3.05, 3.63) is 98.0 Å². The number of alkyl halides is 3. The number of anilines is 2. The van der Waals surface area contributed by atoms with E-state index in [9.17, 15) is 37.1 Å². The Hall–Kier alpha value is -5.09. The summed E-state index contributed by atoms with van der Waals surface area (Å²) >= 11 is 1.78. The zero-order valence-corrected chi connectivity index (χ0v) is 28.2. The molecule has 0 saturated carbocycles. The van der Waals surface area contributed by atoms with E-state index < -0.39 is 63.9 Å². The normalized spacial score (nSPS) is 18.4. The number of esters is 1. The van der Waals surface area contributed by atoms with Crippen molar-refractivity contribution >= 4 is 58.2 Å². The molecule has 0 aliphatic carbocycles. The Kier molecular flexibility index (Phi) is 9.50. The Balaban J connectivity index is 1.39. The van der Waals surface area contributed by atoms with Crippen LogP contribution in [0.5, 0.6) is 11.5 Å². The highest BCUT2D eigenvalue weighted by Crippen LogP contribution is 2.54. The van der Waals surface area contributed by atoms with Crippen LogP contribution in [0.3, 0.4) is 0 Å². The summed E-state index contributed by atoms with van der Waals surface area (Å²) in [6.07, 6.45) is -4.63. The van der Waals surface area contributed by atoms with Crippen LogP contribution in [0, 0.1) is 5.92 Å². The number of ether oxygens (including phenoxy) is 3. The summed E-state index contributed by atoms with van der Waals surface area (Å²) in [6, 6.07) is 14.9. The van der Waals surface area contributed by atoms with E-state index in [-0.39, 0.29) is 28.6 Å². The van der Waals surface area contributed by atoms with Crippen LogP contribution in [0.4, 0.5) is 24.5 Å². The molecule has 16 heteroatoms. The second-order valence-electron chi connectivity index (χ2n) is 11.2. The fourth-order valence-electron chi connectivity index (χ4n) is 5.99. The largest absolute Gasteiger partial charge is 0.493 e. The summed E-state index contributed by atoms with van der Waals surface area (Å²) in [4.78, 5) is 68.0. The summed E-state index contributed by atoms with van der Waals surface area (Å²) in [5.74, 6) is -3.48. The van der Waals surface area contributed by atoms with Gasteiger partial charge in [-0.15, -0.1) is 0 Å². The van der Waals surface area contributed by atoms with Gasteiger partial charge in [-0.25, -0.2) is 9.69 Å². The van der Waals surface area contributed by atoms with E-state index in [2.05, 4.69) is 5.32 Å². The molecule has 11 nitrogen and oxygen atoms in total. The molecule has 1 aromatic heterocycles. The number of carbonyl (C=O) groups is 4. The molecular weight excluding hydrogens is 700 g/mol. The first-order chi connectivity index (χ1) is 23.9. The molecule has 3 aromatic carbocycles. The first-order valence-corrected chi connectivity index (χ1v) is 16.8. The van der Waals surface area contributed by atoms with Crippen LogP contribution in [0.15, 0.2) is 76.6 Å². The quantitative estimate of drug-likeness (QED) is 0.174. The Morgan fingerprint density at radius 1 is 0.920 bits per heavy atom. The zero-order valence-electron chi connectivity index (χ0n) is 26.6. The maximum atomic E-state index is 14.2. The molecule has 2 aliphatic rings. The molecule has 2 aliphatic heterocycles. The summed E-state index contributed by atoms with van der Waals surface area (Å²) < 4.78 is 56.8. The van der Waals surface area contributed by atoms with E-state index in [1.165, 1.54) is 44.6 Å². The van der Waals surface area contributed by atoms with Crippen LogP contribution in [0.2, 0.25) is 0 Å². The van der Waals surface area contributed by atoms with Crippen LogP contribution in [0.25, 0.3) is 0 Å². The third kappa shape index (κ3) is 6.35. The van der Waals surface area contributed by atoms with Gasteiger partial charge in [0.15, 0.2) is 11.5 Å². The molecular formula is C34H28F3N3O8S2. The molecule has 0 unspecified atom stereocenters. The number of fused-ring (bicyclic) bond motifs is 2. The van der Waals surface area contributed by atoms with Crippen LogP contribution >= 0.6 is 23.1 Å². The smallest absolute Gasteiger partial charge is 0.416 e. The molecule has 3 heterocycles. The van der Waals surface area contributed by atoms with E-state index in [4.69, 9.17) is 14.2 Å². The van der Waals surface area contributed by atoms with Gasteiger partial charge in [0, 0.05) is 16.5 Å². The molecule has 0 radical (unpaired) electrons. The lowest BCUT2D eigenvalue weighted by atomic mass is 9.83. The highest BCUT2D eigenvalue weighted by atomic mass is 32.2. The second-order valence-corrected chi connectivity index (χ2v) is 13.3. The molecule has 6 rings (SSSR count). The minimum atomic E-state index is -4.63. The molecule has 1 saturated heterocycles. The highest BCUT2D eigenvalue weighted by Gasteiger charge is 2.57. The van der Waals surface area contributed by atoms with Gasteiger partial charge >= 0.3 is 17.0 Å². The van der Waals surface area contributed by atoms with Gasteiger partial charge in [0.25, 0.3) is 0 Å². The van der Waals surface area contributed by atoms with Gasteiger partial charge in [0.05, 0.1) is 48.6 Å². The fourth-order valence-corrected chi connectivity index (χ4v) is 8.77. The number of hydrogen-bond acceptors (Lipinski definition) is 10. The highest BCUT2D eigenvalue weighted by molar-refractivity contribution is 8.00. The van der Waals surface area contributed by atoms with Crippen molar-refractivity contribution in [1.82, 2.24) is 4.57 Å². The molecule has 1 fully saturated rings. The minimum Gasteiger partial charge on any atom is -0.493 e. The predicted molar refractivity (Wildman–Crippen MR) is 178 cm³/mol. The topological polar surface area (TPSA) is 133 Å². The maximum absolute atomic E-state index is 14.2. The summed E-state index contributed by atoms with van der Waals surface area (Å²) in [7, 11) is 2.90. The molecule has 3 amide bonds. The van der Waals surface area contributed by atoms with Gasteiger partial charge in [0.2, 0.25) is 17.7 Å². The van der Waals surface area contributed by atoms with Gasteiger partial charge in [-0.05, 0) is 67.1 Å². The molecule has 4 aromatic rings. The Morgan fingerprint density at radius 2 is 1.64 bits per heavy atom. The average Bonchev–Trinajstić information content (AvgIpc) is 3.53. The SMILES string of the molecule is CCOC(=O)c1ccc(N2C(=O)[C@H]3[C@H](c4ccc(OC)c(OC)c4)c4sc(=O)n(CC(=O)Nc5cccc(C(F)(F)F)c5)c4S[C@H]3C2=O)cc1. The molecule has 260 valence electrons. The number of benzene rings is 3. The van der Waals surface area contributed by atoms with Crippen molar-refractivity contribution in [2.24, 2.45) is 5.92 Å². The van der Waals surface area contributed by atoms with Crippen LogP contribution < -0.4 is 24.6 Å². The zero-order chi connectivity index (χ0) is 35.9. The minimum absolute atomic E-state index is 0.112. The number of halogens is 3. The number of amides is 3. The molecule has 1 N–H and O–H groups in total. The number of aromatic nitrogens is 1. The van der Waals surface area contributed by atoms with Crippen LogP contribution in [0.1, 0.15) is 39.2 Å². The van der Waals surface area contributed by atoms with E-state index in [0.717, 1.165) is 50.8 Å². The Labute approximate surface area is 290 Å². The molecule has 0 spiro atoms. The van der Waals surface area contributed by atoms with Crippen molar-refractivity contribution in [3.63, 3.8) is 0 Å². The lowest BCUT2D eigenvalue weighted by molar-refractivity contribution is -0.137. The first-order valence-electron chi connectivity index (χ1n) is 15.1. The number of carbonyl (C=O) groups excluding carboxylic acids is 4. The maximum Gasteiger partial charge on any atom is 0.416 e. The van der Waals surface area contributed by atoms with Crippen LogP contribution in [-0.2, 0) is 31.8 Å². The standard InChI is InChI=1S/C34H28F3N3O8S2/c1-4-48-32(44)17-8-11-21(12-9-17)40-29(42)26-25(18-10-13-22(46-2)23(14-18)47-3)28-31(49-27(26)30(40)43)39(33(45)50-28)16-24(41)38-20-7-5-6-19(15-20)34(35,36)37/h5-15,25-27H,4,16H2,1-3H3,(H,38,41)/t25-,26-,27+/m0/s1. The number of rotatable bonds is 9. The van der Waals surface area contributed by atoms with E-state index in [0.29, 0.717) is 21.9 Å². The number of hydrogen-bond donors (Lipinski definition) is 1. The van der Waals surface area contributed by atoms with Gasteiger partial charge in [-0.2, -0.15) is 13.2 Å². The monoisotopic (exact) mass is 727 g/mol. The van der Waals surface area contributed by atoms with Crippen molar-refractivity contribution in [2.45, 2.75) is 35.8 Å². The average molecular weight is 728 g/mol.